The monoisotopic (exact) mass is 393 g/mol. The summed E-state index contributed by atoms with van der Waals surface area (Å²) in [6.45, 7) is 0. The molecular weight excluding hydrogens is 381 g/mol. The Balaban J connectivity index is 1.66. The SMILES string of the molecule is COc1ncc(-c2cnc3ncc(C#N)n3n2)cc1NSc1ccc(F)cc1. The number of nitrogens with one attached hydrogen (secondary N) is 1. The van der Waals surface area contributed by atoms with Crippen LogP contribution in [0.3, 0.4) is 0 Å². The maximum atomic E-state index is 13.1. The van der Waals surface area contributed by atoms with E-state index in [1.54, 1.807) is 30.6 Å². The molecule has 28 heavy (non-hydrogen) atoms. The van der Waals surface area contributed by atoms with Gasteiger partial charge in [-0.25, -0.2) is 19.3 Å². The number of benzene rings is 1. The van der Waals surface area contributed by atoms with Crippen molar-refractivity contribution in [1.82, 2.24) is 24.6 Å². The molecule has 1 aromatic carbocycles. The highest BCUT2D eigenvalue weighted by atomic mass is 32.2. The van der Waals surface area contributed by atoms with Gasteiger partial charge in [-0.3, -0.25) is 0 Å². The Morgan fingerprint density at radius 3 is 2.68 bits per heavy atom. The molecule has 10 heteroatoms. The number of fused-ring (bicyclic) bond motifs is 1. The fraction of sp³-hybridized carbons (Fsp3) is 0.0556. The van der Waals surface area contributed by atoms with Crippen LogP contribution < -0.4 is 9.46 Å². The third-order valence-electron chi connectivity index (χ3n) is 3.78. The van der Waals surface area contributed by atoms with Crippen LogP contribution >= 0.6 is 11.9 Å². The van der Waals surface area contributed by atoms with Crippen LogP contribution in [0.15, 0.2) is 53.8 Å². The molecule has 0 saturated carbocycles. The van der Waals surface area contributed by atoms with Crippen LogP contribution in [0.2, 0.25) is 0 Å². The van der Waals surface area contributed by atoms with Crippen molar-refractivity contribution >= 4 is 23.4 Å². The first-order valence-electron chi connectivity index (χ1n) is 8.01. The van der Waals surface area contributed by atoms with E-state index >= 15 is 0 Å². The molecule has 0 fully saturated rings. The zero-order chi connectivity index (χ0) is 19.5. The fourth-order valence-electron chi connectivity index (χ4n) is 2.43. The van der Waals surface area contributed by atoms with Gasteiger partial charge >= 0.3 is 0 Å². The third kappa shape index (κ3) is 3.43. The van der Waals surface area contributed by atoms with Crippen molar-refractivity contribution in [2.45, 2.75) is 4.90 Å². The Hall–Kier alpha value is -3.71. The lowest BCUT2D eigenvalue weighted by Crippen LogP contribution is -2.01. The summed E-state index contributed by atoms with van der Waals surface area (Å²) in [6, 6.07) is 9.93. The second kappa shape index (κ2) is 7.50. The number of aromatic nitrogens is 5. The van der Waals surface area contributed by atoms with E-state index < -0.39 is 0 Å². The van der Waals surface area contributed by atoms with E-state index in [-0.39, 0.29) is 11.5 Å². The zero-order valence-electron chi connectivity index (χ0n) is 14.5. The first-order chi connectivity index (χ1) is 13.7. The van der Waals surface area contributed by atoms with Gasteiger partial charge in [-0.1, -0.05) is 0 Å². The molecule has 0 amide bonds. The molecule has 3 heterocycles. The van der Waals surface area contributed by atoms with Crippen molar-refractivity contribution in [3.63, 3.8) is 0 Å². The molecule has 0 radical (unpaired) electrons. The van der Waals surface area contributed by atoms with Gasteiger partial charge in [0.25, 0.3) is 5.78 Å². The largest absolute Gasteiger partial charge is 0.480 e. The molecule has 4 aromatic rings. The number of hydrogen-bond acceptors (Lipinski definition) is 8. The van der Waals surface area contributed by atoms with Crippen molar-refractivity contribution in [2.24, 2.45) is 0 Å². The van der Waals surface area contributed by atoms with E-state index in [0.29, 0.717) is 28.6 Å². The maximum Gasteiger partial charge on any atom is 0.251 e. The average molecular weight is 393 g/mol. The normalized spacial score (nSPS) is 10.6. The summed E-state index contributed by atoms with van der Waals surface area (Å²) in [5.41, 5.74) is 2.10. The molecular formula is C18H12FN7OS. The minimum Gasteiger partial charge on any atom is -0.480 e. The Bertz CT molecular complexity index is 1190. The first kappa shape index (κ1) is 17.7. The van der Waals surface area contributed by atoms with Gasteiger partial charge in [0.15, 0.2) is 5.69 Å². The summed E-state index contributed by atoms with van der Waals surface area (Å²) >= 11 is 1.29. The Kier molecular flexibility index (Phi) is 4.74. The molecule has 138 valence electrons. The summed E-state index contributed by atoms with van der Waals surface area (Å²) < 4.78 is 22.9. The van der Waals surface area contributed by atoms with Crippen molar-refractivity contribution in [3.05, 3.63) is 60.4 Å². The van der Waals surface area contributed by atoms with Gasteiger partial charge in [0.1, 0.15) is 23.3 Å². The van der Waals surface area contributed by atoms with Crippen molar-refractivity contribution in [1.29, 1.82) is 5.26 Å². The van der Waals surface area contributed by atoms with E-state index in [4.69, 9.17) is 10.00 Å². The molecule has 0 atom stereocenters. The van der Waals surface area contributed by atoms with Crippen LogP contribution in [0.1, 0.15) is 5.69 Å². The highest BCUT2D eigenvalue weighted by molar-refractivity contribution is 8.00. The number of anilines is 1. The molecule has 3 aromatic heterocycles. The highest BCUT2D eigenvalue weighted by Crippen LogP contribution is 2.31. The lowest BCUT2D eigenvalue weighted by atomic mass is 10.2. The summed E-state index contributed by atoms with van der Waals surface area (Å²) in [6.07, 6.45) is 4.58. The van der Waals surface area contributed by atoms with Gasteiger partial charge in [-0.2, -0.15) is 14.9 Å². The number of ether oxygens (including phenoxy) is 1. The molecule has 8 nitrogen and oxygen atoms in total. The lowest BCUT2D eigenvalue weighted by Gasteiger charge is -2.11. The van der Waals surface area contributed by atoms with Gasteiger partial charge in [0.2, 0.25) is 5.88 Å². The molecule has 4 rings (SSSR count). The minimum atomic E-state index is -0.296. The Labute approximate surface area is 163 Å². The van der Waals surface area contributed by atoms with Crippen LogP contribution in [0.5, 0.6) is 5.88 Å². The van der Waals surface area contributed by atoms with Gasteiger partial charge in [-0.05, 0) is 42.3 Å². The van der Waals surface area contributed by atoms with E-state index in [1.165, 1.54) is 41.9 Å². The number of hydrogen-bond donors (Lipinski definition) is 1. The summed E-state index contributed by atoms with van der Waals surface area (Å²) in [5, 5.41) is 13.6. The Morgan fingerprint density at radius 1 is 1.14 bits per heavy atom. The zero-order valence-corrected chi connectivity index (χ0v) is 15.3. The predicted molar refractivity (Wildman–Crippen MR) is 101 cm³/mol. The predicted octanol–water partition coefficient (Wildman–Crippen LogP) is 3.32. The van der Waals surface area contributed by atoms with Crippen molar-refractivity contribution in [3.8, 4) is 23.2 Å². The molecule has 0 bridgehead atoms. The number of pyridine rings is 1. The molecule has 1 N–H and O–H groups in total. The second-order valence-corrected chi connectivity index (χ2v) is 6.43. The third-order valence-corrected chi connectivity index (χ3v) is 4.61. The van der Waals surface area contributed by atoms with E-state index in [1.807, 2.05) is 6.07 Å². The molecule has 0 spiro atoms. The second-order valence-electron chi connectivity index (χ2n) is 5.55. The van der Waals surface area contributed by atoms with Crippen LogP contribution in [0.4, 0.5) is 10.1 Å². The summed E-state index contributed by atoms with van der Waals surface area (Å²) in [4.78, 5) is 13.4. The van der Waals surface area contributed by atoms with Crippen LogP contribution in [0, 0.1) is 17.1 Å². The number of rotatable bonds is 5. The van der Waals surface area contributed by atoms with E-state index in [2.05, 4.69) is 24.8 Å². The molecule has 0 saturated heterocycles. The lowest BCUT2D eigenvalue weighted by molar-refractivity contribution is 0.400. The van der Waals surface area contributed by atoms with E-state index in [9.17, 15) is 4.39 Å². The van der Waals surface area contributed by atoms with Crippen molar-refractivity contribution in [2.75, 3.05) is 11.8 Å². The van der Waals surface area contributed by atoms with Gasteiger partial charge in [0, 0.05) is 16.7 Å². The topological polar surface area (TPSA) is 101 Å². The van der Waals surface area contributed by atoms with Gasteiger partial charge in [-0.15, -0.1) is 0 Å². The number of imidazole rings is 1. The van der Waals surface area contributed by atoms with Gasteiger partial charge < -0.3 is 9.46 Å². The number of methoxy groups -OCH3 is 1. The van der Waals surface area contributed by atoms with Gasteiger partial charge in [0.05, 0.1) is 19.5 Å². The first-order valence-corrected chi connectivity index (χ1v) is 8.83. The summed E-state index contributed by atoms with van der Waals surface area (Å²) in [5.74, 6) is 0.440. The number of nitriles is 1. The van der Waals surface area contributed by atoms with E-state index in [0.717, 1.165) is 4.90 Å². The average Bonchev–Trinajstić information content (AvgIpc) is 3.15. The highest BCUT2D eigenvalue weighted by Gasteiger charge is 2.12. The minimum absolute atomic E-state index is 0.288. The summed E-state index contributed by atoms with van der Waals surface area (Å²) in [7, 11) is 1.52. The van der Waals surface area contributed by atoms with Crippen LogP contribution in [-0.4, -0.2) is 31.7 Å². The Morgan fingerprint density at radius 2 is 1.93 bits per heavy atom. The standard InChI is InChI=1S/C18H12FN7OS/c1-27-17-15(25-28-14-4-2-12(19)3-5-14)6-11(8-21-17)16-10-23-18-22-9-13(7-20)26(18)24-16/h2-6,8-10,25H,1H3. The smallest absolute Gasteiger partial charge is 0.251 e. The number of nitrogens with zero attached hydrogens (tertiary/aromatic N) is 6. The molecule has 0 aliphatic heterocycles. The molecule has 0 aliphatic rings. The fourth-order valence-corrected chi connectivity index (χ4v) is 3.07. The van der Waals surface area contributed by atoms with Crippen LogP contribution in [0.25, 0.3) is 17.0 Å². The van der Waals surface area contributed by atoms with Crippen LogP contribution in [-0.2, 0) is 0 Å². The number of halogens is 1. The quantitative estimate of drug-likeness (QED) is 0.515. The molecule has 0 unspecified atom stereocenters. The molecule has 0 aliphatic carbocycles. The van der Waals surface area contributed by atoms with Crippen molar-refractivity contribution < 1.29 is 9.13 Å². The maximum absolute atomic E-state index is 13.1.